The molecule has 0 aliphatic carbocycles. The molecule has 0 aliphatic heterocycles. The third-order valence-electron chi connectivity index (χ3n) is 2.99. The molecule has 0 amide bonds. The zero-order valence-corrected chi connectivity index (χ0v) is 12.0. The Hall–Kier alpha value is -1.56. The Balaban J connectivity index is 2.51. The predicted molar refractivity (Wildman–Crippen MR) is 78.7 cm³/mol. The fourth-order valence-corrected chi connectivity index (χ4v) is 2.53. The molecular weight excluding hydrogens is 262 g/mol. The molecule has 104 valence electrons. The van der Waals surface area contributed by atoms with Crippen molar-refractivity contribution in [3.8, 4) is 0 Å². The lowest BCUT2D eigenvalue weighted by molar-refractivity contribution is -0.387. The molecule has 0 saturated heterocycles. The lowest BCUT2D eigenvalue weighted by atomic mass is 9.87. The van der Waals surface area contributed by atoms with E-state index in [1.54, 1.807) is 18.2 Å². The number of rotatable bonds is 7. The Morgan fingerprint density at radius 3 is 2.68 bits per heavy atom. The van der Waals surface area contributed by atoms with Crippen LogP contribution in [0.3, 0.4) is 0 Å². The van der Waals surface area contributed by atoms with Gasteiger partial charge in [0.2, 0.25) is 0 Å². The van der Waals surface area contributed by atoms with E-state index in [0.717, 1.165) is 18.6 Å². The van der Waals surface area contributed by atoms with E-state index < -0.39 is 0 Å². The molecule has 0 saturated carbocycles. The second-order valence-electron chi connectivity index (χ2n) is 4.97. The first kappa shape index (κ1) is 15.5. The molecule has 5 nitrogen and oxygen atoms in total. The Bertz CT molecular complexity index is 475. The van der Waals surface area contributed by atoms with E-state index in [2.05, 4.69) is 0 Å². The SMILES string of the molecule is CC(C)(CCCSc1ccccc1[N+](=O)[O-])C(=N)N. The molecule has 1 aromatic carbocycles. The van der Waals surface area contributed by atoms with Crippen molar-refractivity contribution in [1.29, 1.82) is 5.41 Å². The van der Waals surface area contributed by atoms with E-state index in [-0.39, 0.29) is 21.9 Å². The average molecular weight is 281 g/mol. The van der Waals surface area contributed by atoms with Crippen LogP contribution in [0.5, 0.6) is 0 Å². The van der Waals surface area contributed by atoms with Crippen LogP contribution < -0.4 is 5.73 Å². The number of nitrogens with one attached hydrogen (secondary N) is 1. The lowest BCUT2D eigenvalue weighted by Gasteiger charge is -2.22. The number of thioether (sulfide) groups is 1. The topological polar surface area (TPSA) is 93.0 Å². The third kappa shape index (κ3) is 4.55. The first-order valence-corrected chi connectivity index (χ1v) is 7.04. The van der Waals surface area contributed by atoms with Gasteiger partial charge in [0.25, 0.3) is 5.69 Å². The standard InChI is InChI=1S/C13H19N3O2S/c1-13(2,12(14)15)8-5-9-19-11-7-4-3-6-10(11)16(17)18/h3-4,6-7H,5,8-9H2,1-2H3,(H3,14,15). The lowest BCUT2D eigenvalue weighted by Crippen LogP contribution is -2.30. The first-order chi connectivity index (χ1) is 8.84. The van der Waals surface area contributed by atoms with Crippen molar-refractivity contribution in [1.82, 2.24) is 0 Å². The second-order valence-corrected chi connectivity index (χ2v) is 6.11. The average Bonchev–Trinajstić information content (AvgIpc) is 2.34. The zero-order chi connectivity index (χ0) is 14.5. The largest absolute Gasteiger partial charge is 0.387 e. The van der Waals surface area contributed by atoms with Crippen LogP contribution in [0.4, 0.5) is 5.69 Å². The Morgan fingerprint density at radius 2 is 2.11 bits per heavy atom. The van der Waals surface area contributed by atoms with Crippen LogP contribution in [-0.4, -0.2) is 16.5 Å². The minimum Gasteiger partial charge on any atom is -0.387 e. The summed E-state index contributed by atoms with van der Waals surface area (Å²) >= 11 is 1.47. The molecule has 1 aromatic rings. The molecule has 0 fully saturated rings. The molecule has 0 bridgehead atoms. The molecule has 0 radical (unpaired) electrons. The van der Waals surface area contributed by atoms with E-state index in [9.17, 15) is 10.1 Å². The number of nitrogens with zero attached hydrogens (tertiary/aromatic N) is 1. The Kier molecular flexibility index (Phi) is 5.35. The Morgan fingerprint density at radius 1 is 1.47 bits per heavy atom. The highest BCUT2D eigenvalue weighted by molar-refractivity contribution is 7.99. The minimum atomic E-state index is -0.359. The van der Waals surface area contributed by atoms with Gasteiger partial charge >= 0.3 is 0 Å². The fourth-order valence-electron chi connectivity index (χ4n) is 1.56. The van der Waals surface area contributed by atoms with Gasteiger partial charge in [0.1, 0.15) is 0 Å². The molecule has 0 spiro atoms. The maximum Gasteiger partial charge on any atom is 0.282 e. The van der Waals surface area contributed by atoms with Gasteiger partial charge in [-0.25, -0.2) is 0 Å². The molecular formula is C13H19N3O2S. The van der Waals surface area contributed by atoms with Gasteiger partial charge in [-0.15, -0.1) is 11.8 Å². The van der Waals surface area contributed by atoms with Crippen molar-refractivity contribution in [2.45, 2.75) is 31.6 Å². The summed E-state index contributed by atoms with van der Waals surface area (Å²) in [6.45, 7) is 3.87. The molecule has 19 heavy (non-hydrogen) atoms. The molecule has 0 atom stereocenters. The number of benzene rings is 1. The normalized spacial score (nSPS) is 11.3. The second kappa shape index (κ2) is 6.56. The van der Waals surface area contributed by atoms with Crippen molar-refractivity contribution in [3.63, 3.8) is 0 Å². The number of hydrogen-bond donors (Lipinski definition) is 2. The summed E-state index contributed by atoms with van der Waals surface area (Å²) in [6.07, 6.45) is 1.67. The van der Waals surface area contributed by atoms with E-state index >= 15 is 0 Å². The summed E-state index contributed by atoms with van der Waals surface area (Å²) in [6, 6.07) is 6.75. The summed E-state index contributed by atoms with van der Waals surface area (Å²) in [4.78, 5) is 11.2. The predicted octanol–water partition coefficient (Wildman–Crippen LogP) is 3.43. The Labute approximate surface area is 117 Å². The van der Waals surface area contributed by atoms with Crippen LogP contribution in [-0.2, 0) is 0 Å². The molecule has 1 rings (SSSR count). The van der Waals surface area contributed by atoms with Crippen molar-refractivity contribution >= 4 is 23.3 Å². The van der Waals surface area contributed by atoms with Gasteiger partial charge in [-0.2, -0.15) is 0 Å². The summed E-state index contributed by atoms with van der Waals surface area (Å²) in [5.74, 6) is 0.963. The summed E-state index contributed by atoms with van der Waals surface area (Å²) in [5.41, 5.74) is 5.36. The van der Waals surface area contributed by atoms with E-state index in [1.807, 2.05) is 13.8 Å². The summed E-state index contributed by atoms with van der Waals surface area (Å²) in [7, 11) is 0. The van der Waals surface area contributed by atoms with Crippen LogP contribution in [0.2, 0.25) is 0 Å². The maximum absolute atomic E-state index is 10.9. The van der Waals surface area contributed by atoms with Gasteiger partial charge < -0.3 is 5.73 Å². The number of para-hydroxylation sites is 1. The van der Waals surface area contributed by atoms with Gasteiger partial charge in [0.15, 0.2) is 0 Å². The minimum absolute atomic E-state index is 0.151. The highest BCUT2D eigenvalue weighted by Crippen LogP contribution is 2.30. The molecule has 0 heterocycles. The maximum atomic E-state index is 10.9. The van der Waals surface area contributed by atoms with Crippen LogP contribution in [0.1, 0.15) is 26.7 Å². The number of amidine groups is 1. The number of hydrogen-bond acceptors (Lipinski definition) is 4. The highest BCUT2D eigenvalue weighted by Gasteiger charge is 2.21. The number of nitrogens with two attached hydrogens (primary N) is 1. The van der Waals surface area contributed by atoms with Crippen molar-refractivity contribution < 1.29 is 4.92 Å². The molecule has 3 N–H and O–H groups in total. The zero-order valence-electron chi connectivity index (χ0n) is 11.2. The van der Waals surface area contributed by atoms with Crippen LogP contribution in [0, 0.1) is 20.9 Å². The monoisotopic (exact) mass is 281 g/mol. The first-order valence-electron chi connectivity index (χ1n) is 6.05. The smallest absolute Gasteiger partial charge is 0.282 e. The van der Waals surface area contributed by atoms with Gasteiger partial charge in [-0.3, -0.25) is 15.5 Å². The van der Waals surface area contributed by atoms with Crippen LogP contribution in [0.15, 0.2) is 29.2 Å². The number of nitro benzene ring substituents is 1. The van der Waals surface area contributed by atoms with E-state index in [4.69, 9.17) is 11.1 Å². The molecule has 0 unspecified atom stereocenters. The number of nitro groups is 1. The van der Waals surface area contributed by atoms with Gasteiger partial charge in [0, 0.05) is 11.5 Å². The van der Waals surface area contributed by atoms with Crippen LogP contribution in [0.25, 0.3) is 0 Å². The van der Waals surface area contributed by atoms with Crippen molar-refractivity contribution in [3.05, 3.63) is 34.4 Å². The van der Waals surface area contributed by atoms with E-state index in [0.29, 0.717) is 4.90 Å². The van der Waals surface area contributed by atoms with Crippen molar-refractivity contribution in [2.75, 3.05) is 5.75 Å². The van der Waals surface area contributed by atoms with Gasteiger partial charge in [0.05, 0.1) is 15.7 Å². The summed E-state index contributed by atoms with van der Waals surface area (Å²) < 4.78 is 0. The molecule has 6 heteroatoms. The van der Waals surface area contributed by atoms with Crippen LogP contribution >= 0.6 is 11.8 Å². The fraction of sp³-hybridized carbons (Fsp3) is 0.462. The van der Waals surface area contributed by atoms with Gasteiger partial charge in [-0.05, 0) is 24.7 Å². The quantitative estimate of drug-likeness (QED) is 0.200. The van der Waals surface area contributed by atoms with Gasteiger partial charge in [-0.1, -0.05) is 26.0 Å². The van der Waals surface area contributed by atoms with Crippen molar-refractivity contribution in [2.24, 2.45) is 11.1 Å². The molecule has 0 aromatic heterocycles. The van der Waals surface area contributed by atoms with E-state index in [1.165, 1.54) is 17.8 Å². The summed E-state index contributed by atoms with van der Waals surface area (Å²) in [5, 5.41) is 18.3. The highest BCUT2D eigenvalue weighted by atomic mass is 32.2. The third-order valence-corrected chi connectivity index (χ3v) is 4.14. The molecule has 0 aliphatic rings.